The third-order valence-electron chi connectivity index (χ3n) is 2.63. The molecule has 0 radical (unpaired) electrons. The Labute approximate surface area is 122 Å². The summed E-state index contributed by atoms with van der Waals surface area (Å²) in [7, 11) is -3.57. The second-order valence-corrected chi connectivity index (χ2v) is 7.52. The van der Waals surface area contributed by atoms with Gasteiger partial charge in [-0.25, -0.2) is 13.4 Å². The molecule has 8 heteroatoms. The van der Waals surface area contributed by atoms with E-state index in [0.29, 0.717) is 24.6 Å². The average Bonchev–Trinajstić information content (AvgIpc) is 2.98. The van der Waals surface area contributed by atoms with Gasteiger partial charge in [-0.3, -0.25) is 0 Å². The van der Waals surface area contributed by atoms with Gasteiger partial charge in [-0.05, 0) is 38.9 Å². The summed E-state index contributed by atoms with van der Waals surface area (Å²) in [4.78, 5) is 4.97. The van der Waals surface area contributed by atoms with E-state index >= 15 is 0 Å². The highest BCUT2D eigenvalue weighted by molar-refractivity contribution is 7.91. The molecule has 0 aliphatic rings. The van der Waals surface area contributed by atoms with Crippen molar-refractivity contribution in [1.29, 1.82) is 0 Å². The first kappa shape index (κ1) is 15.2. The lowest BCUT2D eigenvalue weighted by Crippen LogP contribution is -2.26. The van der Waals surface area contributed by atoms with Gasteiger partial charge in [0, 0.05) is 4.88 Å². The third-order valence-corrected chi connectivity index (χ3v) is 5.81. The number of rotatable bonds is 6. The van der Waals surface area contributed by atoms with Gasteiger partial charge in [0.15, 0.2) is 0 Å². The predicted octanol–water partition coefficient (Wildman–Crippen LogP) is 1.59. The minimum absolute atomic E-state index is 0.274. The van der Waals surface area contributed by atoms with Gasteiger partial charge in [-0.1, -0.05) is 0 Å². The average molecular weight is 315 g/mol. The maximum absolute atomic E-state index is 12.2. The van der Waals surface area contributed by atoms with Crippen molar-refractivity contribution in [2.75, 3.05) is 6.54 Å². The Morgan fingerprint density at radius 2 is 2.25 bits per heavy atom. The molecule has 2 rings (SSSR count). The lowest BCUT2D eigenvalue weighted by Gasteiger charge is -2.09. The molecule has 0 bridgehead atoms. The monoisotopic (exact) mass is 315 g/mol. The summed E-state index contributed by atoms with van der Waals surface area (Å²) in [6.07, 6.45) is 2.24. The van der Waals surface area contributed by atoms with E-state index in [0.717, 1.165) is 4.88 Å². The molecule has 2 aromatic rings. The maximum Gasteiger partial charge on any atom is 0.250 e. The standard InChI is InChI=1S/C12H17N3O3S2/c1-8-7-14-12(18-8)9(2)15-20(16,17)11-4-3-10(19-11)5-6-13/h3-4,7,9,15H,5-6,13H2,1-2H3. The Morgan fingerprint density at radius 3 is 2.85 bits per heavy atom. The molecule has 0 saturated heterocycles. The van der Waals surface area contributed by atoms with Crippen molar-refractivity contribution >= 4 is 21.4 Å². The first-order chi connectivity index (χ1) is 9.42. The van der Waals surface area contributed by atoms with Crippen molar-refractivity contribution in [3.63, 3.8) is 0 Å². The van der Waals surface area contributed by atoms with Crippen molar-refractivity contribution < 1.29 is 12.8 Å². The van der Waals surface area contributed by atoms with Crippen molar-refractivity contribution in [3.05, 3.63) is 34.9 Å². The number of oxazole rings is 1. The molecule has 0 spiro atoms. The number of sulfonamides is 1. The number of hydrogen-bond acceptors (Lipinski definition) is 6. The van der Waals surface area contributed by atoms with Gasteiger partial charge < -0.3 is 10.2 Å². The van der Waals surface area contributed by atoms with Crippen LogP contribution < -0.4 is 10.5 Å². The summed E-state index contributed by atoms with van der Waals surface area (Å²) in [6.45, 7) is 3.95. The van der Waals surface area contributed by atoms with Crippen LogP contribution in [0.25, 0.3) is 0 Å². The molecule has 1 atom stereocenters. The van der Waals surface area contributed by atoms with Gasteiger partial charge in [-0.15, -0.1) is 11.3 Å². The van der Waals surface area contributed by atoms with Crippen LogP contribution in [0.1, 0.15) is 29.5 Å². The summed E-state index contributed by atoms with van der Waals surface area (Å²) in [5.41, 5.74) is 5.46. The lowest BCUT2D eigenvalue weighted by molar-refractivity contribution is 0.428. The highest BCUT2D eigenvalue weighted by Gasteiger charge is 2.22. The van der Waals surface area contributed by atoms with Gasteiger partial charge in [0.25, 0.3) is 10.0 Å². The fourth-order valence-electron chi connectivity index (χ4n) is 1.69. The molecule has 20 heavy (non-hydrogen) atoms. The Balaban J connectivity index is 2.13. The van der Waals surface area contributed by atoms with Crippen LogP contribution in [0.15, 0.2) is 27.0 Å². The first-order valence-electron chi connectivity index (χ1n) is 6.16. The molecule has 1 unspecified atom stereocenters. The van der Waals surface area contributed by atoms with Gasteiger partial charge in [-0.2, -0.15) is 4.72 Å². The van der Waals surface area contributed by atoms with Gasteiger partial charge in [0.05, 0.1) is 12.2 Å². The van der Waals surface area contributed by atoms with Crippen LogP contribution >= 0.6 is 11.3 Å². The van der Waals surface area contributed by atoms with E-state index in [1.807, 2.05) is 0 Å². The summed E-state index contributed by atoms with van der Waals surface area (Å²) in [6, 6.07) is 2.85. The zero-order chi connectivity index (χ0) is 14.8. The number of thiophene rings is 1. The number of nitrogens with zero attached hydrogens (tertiary/aromatic N) is 1. The Kier molecular flexibility index (Phi) is 4.59. The van der Waals surface area contributed by atoms with Crippen molar-refractivity contribution in [2.24, 2.45) is 5.73 Å². The molecule has 0 saturated carbocycles. The SMILES string of the molecule is Cc1cnc(C(C)NS(=O)(=O)c2ccc(CCN)s2)o1. The number of nitrogens with two attached hydrogens (primary N) is 1. The Morgan fingerprint density at radius 1 is 1.50 bits per heavy atom. The molecule has 0 fully saturated rings. The summed E-state index contributed by atoms with van der Waals surface area (Å²) in [5, 5.41) is 0. The molecule has 0 amide bonds. The van der Waals surface area contributed by atoms with Crippen LogP contribution in [0.2, 0.25) is 0 Å². The Hall–Kier alpha value is -1.22. The molecule has 0 aliphatic carbocycles. The minimum Gasteiger partial charge on any atom is -0.444 e. The van der Waals surface area contributed by atoms with Crippen LogP contribution in [0.5, 0.6) is 0 Å². The van der Waals surface area contributed by atoms with Crippen molar-refractivity contribution in [3.8, 4) is 0 Å². The van der Waals surface area contributed by atoms with Gasteiger partial charge in [0.1, 0.15) is 9.97 Å². The predicted molar refractivity (Wildman–Crippen MR) is 77.1 cm³/mol. The summed E-state index contributed by atoms with van der Waals surface area (Å²) < 4.78 is 32.6. The summed E-state index contributed by atoms with van der Waals surface area (Å²) >= 11 is 1.23. The van der Waals surface area contributed by atoms with E-state index in [1.165, 1.54) is 11.3 Å². The second-order valence-electron chi connectivity index (χ2n) is 4.41. The van der Waals surface area contributed by atoms with E-state index in [9.17, 15) is 8.42 Å². The molecule has 110 valence electrons. The molecular weight excluding hydrogens is 298 g/mol. The zero-order valence-corrected chi connectivity index (χ0v) is 12.9. The van der Waals surface area contributed by atoms with Crippen LogP contribution in [-0.4, -0.2) is 19.9 Å². The molecular formula is C12H17N3O3S2. The summed E-state index contributed by atoms with van der Waals surface area (Å²) in [5.74, 6) is 0.997. The second kappa shape index (κ2) is 6.04. The van der Waals surface area contributed by atoms with E-state index < -0.39 is 16.1 Å². The number of aromatic nitrogens is 1. The van der Waals surface area contributed by atoms with E-state index in [4.69, 9.17) is 10.2 Å². The van der Waals surface area contributed by atoms with E-state index in [2.05, 4.69) is 9.71 Å². The first-order valence-corrected chi connectivity index (χ1v) is 8.46. The highest BCUT2D eigenvalue weighted by atomic mass is 32.2. The fourth-order valence-corrected chi connectivity index (χ4v) is 4.28. The molecule has 3 N–H and O–H groups in total. The topological polar surface area (TPSA) is 98.2 Å². The zero-order valence-electron chi connectivity index (χ0n) is 11.3. The Bertz CT molecular complexity index is 676. The molecule has 2 aromatic heterocycles. The normalized spacial score (nSPS) is 13.6. The molecule has 6 nitrogen and oxygen atoms in total. The number of hydrogen-bond donors (Lipinski definition) is 2. The smallest absolute Gasteiger partial charge is 0.250 e. The highest BCUT2D eigenvalue weighted by Crippen LogP contribution is 2.23. The molecule has 0 aromatic carbocycles. The van der Waals surface area contributed by atoms with E-state index in [1.54, 1.807) is 32.2 Å². The quantitative estimate of drug-likeness (QED) is 0.843. The molecule has 2 heterocycles. The third kappa shape index (κ3) is 3.45. The number of nitrogens with one attached hydrogen (secondary N) is 1. The van der Waals surface area contributed by atoms with Crippen LogP contribution in [0, 0.1) is 6.92 Å². The van der Waals surface area contributed by atoms with Crippen LogP contribution in [0.4, 0.5) is 0 Å². The van der Waals surface area contributed by atoms with Crippen molar-refractivity contribution in [2.45, 2.75) is 30.5 Å². The van der Waals surface area contributed by atoms with Crippen molar-refractivity contribution in [1.82, 2.24) is 9.71 Å². The van der Waals surface area contributed by atoms with Gasteiger partial charge in [0.2, 0.25) is 5.89 Å². The van der Waals surface area contributed by atoms with Crippen LogP contribution in [0.3, 0.4) is 0 Å². The number of aryl methyl sites for hydroxylation is 1. The minimum atomic E-state index is -3.57. The van der Waals surface area contributed by atoms with Crippen LogP contribution in [-0.2, 0) is 16.4 Å². The lowest BCUT2D eigenvalue weighted by atomic mass is 10.3. The van der Waals surface area contributed by atoms with Gasteiger partial charge >= 0.3 is 0 Å². The largest absolute Gasteiger partial charge is 0.444 e. The molecule has 0 aliphatic heterocycles. The maximum atomic E-state index is 12.2. The fraction of sp³-hybridized carbons (Fsp3) is 0.417. The van der Waals surface area contributed by atoms with E-state index in [-0.39, 0.29) is 4.21 Å².